The second-order valence-electron chi connectivity index (χ2n) is 5.55. The Morgan fingerprint density at radius 3 is 2.40 bits per heavy atom. The molecule has 2 atom stereocenters. The maximum absolute atomic E-state index is 13.5. The lowest BCUT2D eigenvalue weighted by atomic mass is 10.2. The number of hydrogen-bond acceptors (Lipinski definition) is 6. The van der Waals surface area contributed by atoms with Crippen LogP contribution in [0.1, 0.15) is 27.7 Å². The number of esters is 1. The fourth-order valence-electron chi connectivity index (χ4n) is 2.07. The van der Waals surface area contributed by atoms with E-state index >= 15 is 0 Å². The van der Waals surface area contributed by atoms with Gasteiger partial charge in [-0.3, -0.25) is 15.2 Å². The fourth-order valence-corrected chi connectivity index (χ4v) is 3.13. The van der Waals surface area contributed by atoms with Crippen LogP contribution in [0.4, 0.5) is 18.0 Å². The molecular weight excluding hydrogens is 363 g/mol. The number of amides is 2. The first-order chi connectivity index (χ1) is 11.5. The molecule has 11 heteroatoms. The van der Waals surface area contributed by atoms with Gasteiger partial charge in [0.2, 0.25) is 0 Å². The van der Waals surface area contributed by atoms with E-state index in [-0.39, 0.29) is 17.0 Å². The standard InChI is InChI=1S/C14H22F3N3O4S/c1-6-24-10(21)13(23-5,14(15,16)17)19-11(22)20(8(2)3)12-18-7-9(4)25-12/h8-9H,6-7H2,1-5H3,(H,19,22)/t9-,13+/m0/s1. The van der Waals surface area contributed by atoms with E-state index < -0.39 is 29.9 Å². The number of carbonyl (C=O) groups is 2. The highest BCUT2D eigenvalue weighted by Crippen LogP contribution is 2.33. The van der Waals surface area contributed by atoms with E-state index in [2.05, 4.69) is 14.5 Å². The molecule has 0 radical (unpaired) electrons. The number of hydrogen-bond donors (Lipinski definition) is 1. The van der Waals surface area contributed by atoms with E-state index in [1.165, 1.54) is 18.7 Å². The van der Waals surface area contributed by atoms with E-state index in [0.717, 1.165) is 4.90 Å². The molecule has 7 nitrogen and oxygen atoms in total. The SMILES string of the molecule is CCOC(=O)[C@@](NC(=O)N(C1=NC[C@H](C)S1)C(C)C)(OC)C(F)(F)F. The van der Waals surface area contributed by atoms with E-state index in [1.54, 1.807) is 19.2 Å². The highest BCUT2D eigenvalue weighted by atomic mass is 32.2. The third-order valence-corrected chi connectivity index (χ3v) is 4.37. The van der Waals surface area contributed by atoms with Gasteiger partial charge in [-0.15, -0.1) is 0 Å². The van der Waals surface area contributed by atoms with Gasteiger partial charge in [0, 0.05) is 18.4 Å². The molecule has 2 amide bonds. The van der Waals surface area contributed by atoms with Crippen molar-refractivity contribution < 1.29 is 32.2 Å². The molecule has 144 valence electrons. The van der Waals surface area contributed by atoms with E-state index in [4.69, 9.17) is 0 Å². The second kappa shape index (κ2) is 8.26. The van der Waals surface area contributed by atoms with Crippen molar-refractivity contribution in [3.8, 4) is 0 Å². The van der Waals surface area contributed by atoms with Crippen LogP contribution < -0.4 is 5.32 Å². The zero-order chi connectivity index (χ0) is 19.4. The van der Waals surface area contributed by atoms with Crippen LogP contribution in [0, 0.1) is 0 Å². The minimum atomic E-state index is -5.22. The van der Waals surface area contributed by atoms with Crippen molar-refractivity contribution in [2.75, 3.05) is 20.3 Å². The summed E-state index contributed by atoms with van der Waals surface area (Å²) in [6, 6.07) is -1.64. The molecular formula is C14H22F3N3O4S. The zero-order valence-corrected chi connectivity index (χ0v) is 15.5. The van der Waals surface area contributed by atoms with Crippen LogP contribution in [-0.2, 0) is 14.3 Å². The average molecular weight is 385 g/mol. The summed E-state index contributed by atoms with van der Waals surface area (Å²) in [5, 5.41) is 2.04. The number of nitrogens with one attached hydrogen (secondary N) is 1. The highest BCUT2D eigenvalue weighted by molar-refractivity contribution is 8.14. The van der Waals surface area contributed by atoms with Crippen molar-refractivity contribution in [2.45, 2.75) is 50.9 Å². The summed E-state index contributed by atoms with van der Waals surface area (Å²) in [4.78, 5) is 29.7. The molecule has 0 aromatic rings. The van der Waals surface area contributed by atoms with Gasteiger partial charge in [-0.2, -0.15) is 13.2 Å². The number of rotatable bonds is 5. The molecule has 1 N–H and O–H groups in total. The molecule has 0 unspecified atom stereocenters. The average Bonchev–Trinajstić information content (AvgIpc) is 2.89. The molecule has 0 spiro atoms. The molecule has 0 aromatic heterocycles. The number of ether oxygens (including phenoxy) is 2. The molecule has 0 saturated heterocycles. The third-order valence-electron chi connectivity index (χ3n) is 3.28. The summed E-state index contributed by atoms with van der Waals surface area (Å²) in [5.74, 6) is -1.74. The fraction of sp³-hybridized carbons (Fsp3) is 0.786. The maximum atomic E-state index is 13.5. The summed E-state index contributed by atoms with van der Waals surface area (Å²) in [5.41, 5.74) is -3.59. The van der Waals surface area contributed by atoms with Gasteiger partial charge in [0.1, 0.15) is 0 Å². The minimum Gasteiger partial charge on any atom is -0.462 e. The Bertz CT molecular complexity index is 542. The molecule has 1 aliphatic rings. The van der Waals surface area contributed by atoms with Crippen molar-refractivity contribution in [3.63, 3.8) is 0 Å². The lowest BCUT2D eigenvalue weighted by Gasteiger charge is -2.35. The first kappa shape index (κ1) is 21.6. The van der Waals surface area contributed by atoms with Crippen LogP contribution >= 0.6 is 11.8 Å². The third kappa shape index (κ3) is 4.57. The highest BCUT2D eigenvalue weighted by Gasteiger charge is 2.65. The van der Waals surface area contributed by atoms with Gasteiger partial charge >= 0.3 is 23.9 Å². The van der Waals surface area contributed by atoms with Crippen LogP contribution in [0.25, 0.3) is 0 Å². The second-order valence-corrected chi connectivity index (χ2v) is 6.95. The Morgan fingerprint density at radius 2 is 2.04 bits per heavy atom. The van der Waals surface area contributed by atoms with Crippen LogP contribution in [0.15, 0.2) is 4.99 Å². The van der Waals surface area contributed by atoms with Gasteiger partial charge in [0.25, 0.3) is 0 Å². The number of alkyl halides is 3. The van der Waals surface area contributed by atoms with Crippen molar-refractivity contribution in [1.82, 2.24) is 10.2 Å². The van der Waals surface area contributed by atoms with Gasteiger partial charge < -0.3 is 9.47 Å². The summed E-state index contributed by atoms with van der Waals surface area (Å²) >= 11 is 1.27. The summed E-state index contributed by atoms with van der Waals surface area (Å²) < 4.78 is 49.4. The Kier molecular flexibility index (Phi) is 7.12. The van der Waals surface area contributed by atoms with Gasteiger partial charge in [-0.05, 0) is 20.8 Å². The maximum Gasteiger partial charge on any atom is 0.448 e. The molecule has 0 aliphatic carbocycles. The predicted octanol–water partition coefficient (Wildman–Crippen LogP) is 2.37. The summed E-state index contributed by atoms with van der Waals surface area (Å²) in [7, 11) is 0.675. The Hall–Kier alpha value is -1.49. The number of amidine groups is 1. The quantitative estimate of drug-likeness (QED) is 0.581. The zero-order valence-electron chi connectivity index (χ0n) is 14.6. The van der Waals surface area contributed by atoms with Crippen molar-refractivity contribution in [2.24, 2.45) is 4.99 Å². The first-order valence-corrected chi connectivity index (χ1v) is 8.49. The van der Waals surface area contributed by atoms with Crippen molar-refractivity contribution in [3.05, 3.63) is 0 Å². The Balaban J connectivity index is 3.17. The van der Waals surface area contributed by atoms with E-state index in [1.807, 2.05) is 6.92 Å². The normalized spacial score (nSPS) is 20.0. The first-order valence-electron chi connectivity index (χ1n) is 7.61. The van der Waals surface area contributed by atoms with E-state index in [0.29, 0.717) is 13.7 Å². The molecule has 1 aliphatic heterocycles. The number of carbonyl (C=O) groups excluding carboxylic acids is 2. The number of urea groups is 1. The van der Waals surface area contributed by atoms with Crippen LogP contribution in [0.2, 0.25) is 0 Å². The largest absolute Gasteiger partial charge is 0.462 e. The molecule has 1 heterocycles. The van der Waals surface area contributed by atoms with Gasteiger partial charge in [0.05, 0.1) is 13.2 Å². The Morgan fingerprint density at radius 1 is 1.44 bits per heavy atom. The molecule has 0 saturated carbocycles. The summed E-state index contributed by atoms with van der Waals surface area (Å²) in [6.07, 6.45) is -5.22. The molecule has 25 heavy (non-hydrogen) atoms. The van der Waals surface area contributed by atoms with Crippen molar-refractivity contribution >= 4 is 28.9 Å². The number of thioether (sulfide) groups is 1. The summed E-state index contributed by atoms with van der Waals surface area (Å²) in [6.45, 7) is 6.62. The number of nitrogens with zero attached hydrogens (tertiary/aromatic N) is 2. The monoisotopic (exact) mass is 385 g/mol. The molecule has 0 bridgehead atoms. The predicted molar refractivity (Wildman–Crippen MR) is 87.3 cm³/mol. The topological polar surface area (TPSA) is 80.2 Å². The van der Waals surface area contributed by atoms with Crippen LogP contribution in [0.5, 0.6) is 0 Å². The van der Waals surface area contributed by atoms with Crippen LogP contribution in [0.3, 0.4) is 0 Å². The van der Waals surface area contributed by atoms with Gasteiger partial charge in [-0.25, -0.2) is 9.59 Å². The molecule has 0 aromatic carbocycles. The van der Waals surface area contributed by atoms with Crippen molar-refractivity contribution in [1.29, 1.82) is 0 Å². The lowest BCUT2D eigenvalue weighted by molar-refractivity contribution is -0.277. The molecule has 0 fully saturated rings. The minimum absolute atomic E-state index is 0.101. The Labute approximate surface area is 148 Å². The smallest absolute Gasteiger partial charge is 0.448 e. The number of aliphatic imine (C=N–C) groups is 1. The molecule has 1 rings (SSSR count). The number of methoxy groups -OCH3 is 1. The number of halogens is 3. The van der Waals surface area contributed by atoms with Gasteiger partial charge in [0.15, 0.2) is 5.17 Å². The van der Waals surface area contributed by atoms with E-state index in [9.17, 15) is 22.8 Å². The van der Waals surface area contributed by atoms with Crippen LogP contribution in [-0.4, -0.2) is 65.5 Å². The lowest BCUT2D eigenvalue weighted by Crippen LogP contribution is -2.68. The van der Waals surface area contributed by atoms with Gasteiger partial charge in [-0.1, -0.05) is 18.7 Å².